The number of amides is 1. The van der Waals surface area contributed by atoms with Crippen LogP contribution in [0, 0.1) is 0 Å². The normalized spacial score (nSPS) is 10.7. The zero-order valence-corrected chi connectivity index (χ0v) is 13.0. The monoisotopic (exact) mass is 323 g/mol. The van der Waals surface area contributed by atoms with E-state index in [9.17, 15) is 9.59 Å². The first-order valence-electron chi connectivity index (χ1n) is 7.65. The lowest BCUT2D eigenvalue weighted by atomic mass is 10.2. The van der Waals surface area contributed by atoms with Crippen molar-refractivity contribution in [3.05, 3.63) is 76.3 Å². The Morgan fingerprint density at radius 3 is 2.67 bits per heavy atom. The number of nitrogens with one attached hydrogen (secondary N) is 2. The van der Waals surface area contributed by atoms with Crippen molar-refractivity contribution in [2.75, 3.05) is 0 Å². The van der Waals surface area contributed by atoms with E-state index in [-0.39, 0.29) is 17.9 Å². The summed E-state index contributed by atoms with van der Waals surface area (Å²) in [4.78, 5) is 36.0. The van der Waals surface area contributed by atoms with E-state index in [1.165, 1.54) is 0 Å². The van der Waals surface area contributed by atoms with E-state index in [0.717, 1.165) is 5.56 Å². The van der Waals surface area contributed by atoms with Crippen LogP contribution in [0.25, 0.3) is 10.9 Å². The highest BCUT2D eigenvalue weighted by Gasteiger charge is 2.07. The molecular weight excluding hydrogens is 306 g/mol. The lowest BCUT2D eigenvalue weighted by molar-refractivity contribution is -0.134. The van der Waals surface area contributed by atoms with Gasteiger partial charge in [0, 0.05) is 12.8 Å². The highest BCUT2D eigenvalue weighted by molar-refractivity contribution is 5.77. The van der Waals surface area contributed by atoms with Crippen LogP contribution in [0.5, 0.6) is 0 Å². The number of rotatable bonds is 6. The van der Waals surface area contributed by atoms with Crippen molar-refractivity contribution in [3.63, 3.8) is 0 Å². The predicted octanol–water partition coefficient (Wildman–Crippen LogP) is 2.10. The second kappa shape index (κ2) is 7.52. The number of hydrogen-bond acceptors (Lipinski definition) is 4. The average Bonchev–Trinajstić information content (AvgIpc) is 2.61. The molecule has 24 heavy (non-hydrogen) atoms. The molecule has 6 nitrogen and oxygen atoms in total. The molecule has 0 bridgehead atoms. The third kappa shape index (κ3) is 4.05. The van der Waals surface area contributed by atoms with Crippen LogP contribution in [0.3, 0.4) is 0 Å². The number of H-pyrrole nitrogens is 1. The molecule has 0 fully saturated rings. The Bertz CT molecular complexity index is 891. The first-order valence-corrected chi connectivity index (χ1v) is 7.65. The average molecular weight is 323 g/mol. The predicted molar refractivity (Wildman–Crippen MR) is 90.1 cm³/mol. The molecule has 0 aliphatic heterocycles. The summed E-state index contributed by atoms with van der Waals surface area (Å²) >= 11 is 0. The number of carbonyl (C=O) groups excluding carboxylic acids is 1. The van der Waals surface area contributed by atoms with Gasteiger partial charge in [-0.25, -0.2) is 10.5 Å². The van der Waals surface area contributed by atoms with Gasteiger partial charge < -0.3 is 4.98 Å². The summed E-state index contributed by atoms with van der Waals surface area (Å²) in [6, 6.07) is 16.7. The zero-order chi connectivity index (χ0) is 16.8. The quantitative estimate of drug-likeness (QED) is 0.681. The van der Waals surface area contributed by atoms with E-state index >= 15 is 0 Å². The summed E-state index contributed by atoms with van der Waals surface area (Å²) in [5.41, 5.74) is 3.79. The van der Waals surface area contributed by atoms with E-state index < -0.39 is 0 Å². The molecule has 3 aromatic rings. The second-order valence-electron chi connectivity index (χ2n) is 5.33. The van der Waals surface area contributed by atoms with E-state index in [0.29, 0.717) is 29.8 Å². The van der Waals surface area contributed by atoms with Crippen LogP contribution in [-0.4, -0.2) is 15.9 Å². The first-order chi connectivity index (χ1) is 11.7. The van der Waals surface area contributed by atoms with Gasteiger partial charge in [0.2, 0.25) is 5.91 Å². The molecule has 6 heteroatoms. The van der Waals surface area contributed by atoms with Crippen LogP contribution in [0.1, 0.15) is 17.8 Å². The van der Waals surface area contributed by atoms with Gasteiger partial charge in [0.25, 0.3) is 5.56 Å². The van der Waals surface area contributed by atoms with Gasteiger partial charge in [-0.2, -0.15) is 0 Å². The van der Waals surface area contributed by atoms with Crippen LogP contribution >= 0.6 is 0 Å². The maximum Gasteiger partial charge on any atom is 0.258 e. The lowest BCUT2D eigenvalue weighted by Gasteiger charge is -2.06. The molecule has 0 saturated heterocycles. The highest BCUT2D eigenvalue weighted by Crippen LogP contribution is 2.06. The lowest BCUT2D eigenvalue weighted by Crippen LogP contribution is -2.24. The fourth-order valence-corrected chi connectivity index (χ4v) is 2.31. The number of fused-ring (bicyclic) bond motifs is 1. The van der Waals surface area contributed by atoms with Crippen molar-refractivity contribution >= 4 is 16.8 Å². The molecule has 0 aliphatic carbocycles. The molecule has 0 saturated carbocycles. The molecular formula is C18H17N3O3. The maximum atomic E-state index is 12.0. The third-order valence-electron chi connectivity index (χ3n) is 3.52. The van der Waals surface area contributed by atoms with E-state index in [1.54, 1.807) is 18.2 Å². The van der Waals surface area contributed by atoms with Gasteiger partial charge >= 0.3 is 0 Å². The van der Waals surface area contributed by atoms with Gasteiger partial charge in [-0.15, -0.1) is 0 Å². The van der Waals surface area contributed by atoms with Crippen molar-refractivity contribution < 1.29 is 9.63 Å². The maximum absolute atomic E-state index is 12.0. The van der Waals surface area contributed by atoms with Crippen molar-refractivity contribution in [2.45, 2.75) is 19.4 Å². The standard InChI is InChI=1S/C18H17N3O3/c22-17(21-24-12-13-6-2-1-3-7-13)11-10-16-19-15-9-5-4-8-14(15)18(23)20-16/h1-9H,10-12H2,(H,21,22)(H,19,20,23). The number of aromatic amines is 1. The van der Waals surface area contributed by atoms with Crippen LogP contribution < -0.4 is 11.0 Å². The van der Waals surface area contributed by atoms with Crippen molar-refractivity contribution in [2.24, 2.45) is 0 Å². The molecule has 1 amide bonds. The van der Waals surface area contributed by atoms with Crippen LogP contribution in [0.2, 0.25) is 0 Å². The summed E-state index contributed by atoms with van der Waals surface area (Å²) in [6.07, 6.45) is 0.511. The molecule has 2 N–H and O–H groups in total. The fourth-order valence-electron chi connectivity index (χ4n) is 2.31. The molecule has 2 aromatic carbocycles. The molecule has 0 unspecified atom stereocenters. The smallest absolute Gasteiger partial charge is 0.258 e. The minimum Gasteiger partial charge on any atom is -0.310 e. The Hall–Kier alpha value is -2.99. The Morgan fingerprint density at radius 2 is 1.83 bits per heavy atom. The molecule has 3 rings (SSSR count). The van der Waals surface area contributed by atoms with Crippen molar-refractivity contribution in [3.8, 4) is 0 Å². The van der Waals surface area contributed by atoms with Crippen molar-refractivity contribution in [1.82, 2.24) is 15.4 Å². The summed E-state index contributed by atoms with van der Waals surface area (Å²) in [5, 5.41) is 0.539. The van der Waals surface area contributed by atoms with Gasteiger partial charge in [-0.3, -0.25) is 14.4 Å². The number of nitrogens with zero attached hydrogens (tertiary/aromatic N) is 1. The molecule has 1 aromatic heterocycles. The van der Waals surface area contributed by atoms with Gasteiger partial charge in [-0.05, 0) is 17.7 Å². The highest BCUT2D eigenvalue weighted by atomic mass is 16.6. The minimum absolute atomic E-state index is 0.177. The fraction of sp³-hybridized carbons (Fsp3) is 0.167. The number of aryl methyl sites for hydroxylation is 1. The Morgan fingerprint density at radius 1 is 1.08 bits per heavy atom. The Kier molecular flexibility index (Phi) is 4.98. The molecule has 0 aliphatic rings. The van der Waals surface area contributed by atoms with Gasteiger partial charge in [-0.1, -0.05) is 42.5 Å². The van der Waals surface area contributed by atoms with E-state index in [4.69, 9.17) is 4.84 Å². The Labute approximate surface area is 138 Å². The zero-order valence-electron chi connectivity index (χ0n) is 13.0. The SMILES string of the molecule is O=C(CCc1nc2ccccc2c(=O)[nH]1)NOCc1ccccc1. The summed E-state index contributed by atoms with van der Waals surface area (Å²) in [5.74, 6) is 0.221. The van der Waals surface area contributed by atoms with Crippen LogP contribution in [0.4, 0.5) is 0 Å². The number of hydroxylamine groups is 1. The number of hydrogen-bond donors (Lipinski definition) is 2. The molecule has 122 valence electrons. The summed E-state index contributed by atoms with van der Waals surface area (Å²) < 4.78 is 0. The van der Waals surface area contributed by atoms with Crippen LogP contribution in [-0.2, 0) is 22.7 Å². The Balaban J connectivity index is 1.52. The van der Waals surface area contributed by atoms with Gasteiger partial charge in [0.15, 0.2) is 0 Å². The largest absolute Gasteiger partial charge is 0.310 e. The van der Waals surface area contributed by atoms with Crippen molar-refractivity contribution in [1.29, 1.82) is 0 Å². The van der Waals surface area contributed by atoms with Gasteiger partial charge in [0.1, 0.15) is 5.82 Å². The third-order valence-corrected chi connectivity index (χ3v) is 3.52. The second-order valence-corrected chi connectivity index (χ2v) is 5.33. The number of para-hydroxylation sites is 1. The number of aromatic nitrogens is 2. The van der Waals surface area contributed by atoms with Crippen LogP contribution in [0.15, 0.2) is 59.4 Å². The van der Waals surface area contributed by atoms with Gasteiger partial charge in [0.05, 0.1) is 17.5 Å². The topological polar surface area (TPSA) is 84.1 Å². The molecule has 0 spiro atoms. The minimum atomic E-state index is -0.262. The number of carbonyl (C=O) groups is 1. The molecule has 0 atom stereocenters. The van der Waals surface area contributed by atoms with E-state index in [1.807, 2.05) is 36.4 Å². The number of benzene rings is 2. The summed E-state index contributed by atoms with van der Waals surface area (Å²) in [7, 11) is 0. The summed E-state index contributed by atoms with van der Waals surface area (Å²) in [6.45, 7) is 0.303. The molecule has 1 heterocycles. The van der Waals surface area contributed by atoms with E-state index in [2.05, 4.69) is 15.4 Å². The molecule has 0 radical (unpaired) electrons. The first kappa shape index (κ1) is 15.9.